The highest BCUT2D eigenvalue weighted by Gasteiger charge is 2.27. The lowest BCUT2D eigenvalue weighted by atomic mass is 9.99. The number of benzene rings is 1. The maximum absolute atomic E-state index is 13.2. The third-order valence-electron chi connectivity index (χ3n) is 2.01. The molecule has 0 aliphatic rings. The maximum Gasteiger partial charge on any atom is 0.246 e. The van der Waals surface area contributed by atoms with Crippen LogP contribution >= 0.6 is 11.6 Å². The van der Waals surface area contributed by atoms with Crippen LogP contribution in [0.25, 0.3) is 0 Å². The van der Waals surface area contributed by atoms with Crippen LogP contribution in [-0.2, 0) is 0 Å². The molecule has 1 unspecified atom stereocenters. The molecule has 2 N–H and O–H groups in total. The summed E-state index contributed by atoms with van der Waals surface area (Å²) in [6.45, 7) is -0.502. The predicted octanol–water partition coefficient (Wildman–Crippen LogP) is 2.93. The molecule has 1 atom stereocenters. The quantitative estimate of drug-likeness (QED) is 0.639. The summed E-state index contributed by atoms with van der Waals surface area (Å²) < 4.78 is 51.0. The van der Waals surface area contributed by atoms with Crippen molar-refractivity contribution in [3.63, 3.8) is 0 Å². The van der Waals surface area contributed by atoms with Gasteiger partial charge in [-0.05, 0) is 12.1 Å². The molecule has 15 heavy (non-hydrogen) atoms. The van der Waals surface area contributed by atoms with Gasteiger partial charge in [0.05, 0.1) is 10.9 Å². The summed E-state index contributed by atoms with van der Waals surface area (Å²) in [5.74, 6) is -3.50. The molecule has 0 bridgehead atoms. The first kappa shape index (κ1) is 12.3. The van der Waals surface area contributed by atoms with E-state index >= 15 is 0 Å². The molecule has 0 spiro atoms. The Kier molecular flexibility index (Phi) is 3.93. The van der Waals surface area contributed by atoms with Gasteiger partial charge in [-0.25, -0.2) is 17.6 Å². The van der Waals surface area contributed by atoms with Gasteiger partial charge in [0.15, 0.2) is 0 Å². The van der Waals surface area contributed by atoms with Gasteiger partial charge < -0.3 is 5.73 Å². The van der Waals surface area contributed by atoms with E-state index in [1.54, 1.807) is 0 Å². The number of rotatable bonds is 3. The Morgan fingerprint density at radius 2 is 1.73 bits per heavy atom. The van der Waals surface area contributed by atoms with Crippen molar-refractivity contribution < 1.29 is 17.6 Å². The van der Waals surface area contributed by atoms with Crippen LogP contribution in [0.2, 0.25) is 5.02 Å². The Labute approximate surface area is 88.8 Å². The molecule has 1 nitrogen and oxygen atoms in total. The van der Waals surface area contributed by atoms with Crippen LogP contribution in [0.5, 0.6) is 0 Å². The summed E-state index contributed by atoms with van der Waals surface area (Å²) in [6.07, 6.45) is -2.89. The van der Waals surface area contributed by atoms with Gasteiger partial charge in [0.2, 0.25) is 6.43 Å². The first-order chi connectivity index (χ1) is 6.99. The fourth-order valence-corrected chi connectivity index (χ4v) is 1.52. The first-order valence-electron chi connectivity index (χ1n) is 4.10. The minimum atomic E-state index is -2.89. The average Bonchev–Trinajstić information content (AvgIpc) is 2.18. The Morgan fingerprint density at radius 1 is 1.20 bits per heavy atom. The second-order valence-corrected chi connectivity index (χ2v) is 3.31. The standard InChI is InChI=1S/C9H8ClF4N/c10-8-6(12)2-1-5(11)7(8)4(3-15)9(13)14/h1-2,4,9H,3,15H2. The smallest absolute Gasteiger partial charge is 0.246 e. The largest absolute Gasteiger partial charge is 0.330 e. The second kappa shape index (κ2) is 4.81. The number of hydrogen-bond acceptors (Lipinski definition) is 1. The maximum atomic E-state index is 13.2. The van der Waals surface area contributed by atoms with Crippen molar-refractivity contribution in [1.82, 2.24) is 0 Å². The molecule has 0 heterocycles. The molecule has 1 aromatic carbocycles. The number of nitrogens with two attached hydrogens (primary N) is 1. The molecule has 1 rings (SSSR count). The molecule has 0 amide bonds. The van der Waals surface area contributed by atoms with Gasteiger partial charge in [-0.2, -0.15) is 0 Å². The van der Waals surface area contributed by atoms with Gasteiger partial charge in [-0.3, -0.25) is 0 Å². The van der Waals surface area contributed by atoms with Crippen molar-refractivity contribution in [2.24, 2.45) is 5.73 Å². The molecule has 0 aliphatic heterocycles. The molecule has 0 aliphatic carbocycles. The number of halogens is 5. The lowest BCUT2D eigenvalue weighted by Gasteiger charge is -2.16. The summed E-state index contributed by atoms with van der Waals surface area (Å²) >= 11 is 5.41. The van der Waals surface area contributed by atoms with Crippen molar-refractivity contribution in [3.8, 4) is 0 Å². The van der Waals surface area contributed by atoms with Gasteiger partial charge in [-0.15, -0.1) is 0 Å². The zero-order chi connectivity index (χ0) is 11.6. The van der Waals surface area contributed by atoms with Crippen LogP contribution < -0.4 is 5.73 Å². The van der Waals surface area contributed by atoms with Gasteiger partial charge >= 0.3 is 0 Å². The minimum Gasteiger partial charge on any atom is -0.330 e. The summed E-state index contributed by atoms with van der Waals surface area (Å²) in [5.41, 5.74) is 4.50. The van der Waals surface area contributed by atoms with Crippen LogP contribution in [0.15, 0.2) is 12.1 Å². The SMILES string of the molecule is NCC(c1c(F)ccc(F)c1Cl)C(F)F. The summed E-state index contributed by atoms with van der Waals surface area (Å²) in [5, 5.41) is -0.634. The average molecular weight is 242 g/mol. The lowest BCUT2D eigenvalue weighted by molar-refractivity contribution is 0.115. The van der Waals surface area contributed by atoms with Crippen LogP contribution in [0, 0.1) is 11.6 Å². The Hall–Kier alpha value is -0.810. The summed E-state index contributed by atoms with van der Waals surface area (Å²) in [4.78, 5) is 0. The van der Waals surface area contributed by atoms with Crippen molar-refractivity contribution in [3.05, 3.63) is 34.4 Å². The van der Waals surface area contributed by atoms with Crippen LogP contribution in [0.4, 0.5) is 17.6 Å². The Morgan fingerprint density at radius 3 is 2.20 bits per heavy atom. The highest BCUT2D eigenvalue weighted by atomic mass is 35.5. The number of hydrogen-bond donors (Lipinski definition) is 1. The van der Waals surface area contributed by atoms with Crippen molar-refractivity contribution in [2.45, 2.75) is 12.3 Å². The molecule has 1 aromatic rings. The van der Waals surface area contributed by atoms with E-state index in [1.165, 1.54) is 0 Å². The highest BCUT2D eigenvalue weighted by molar-refractivity contribution is 6.31. The van der Waals surface area contributed by atoms with Crippen LogP contribution in [-0.4, -0.2) is 13.0 Å². The van der Waals surface area contributed by atoms with E-state index in [2.05, 4.69) is 0 Å². The van der Waals surface area contributed by atoms with Crippen LogP contribution in [0.1, 0.15) is 11.5 Å². The van der Waals surface area contributed by atoms with Crippen molar-refractivity contribution in [1.29, 1.82) is 0 Å². The van der Waals surface area contributed by atoms with E-state index in [1.807, 2.05) is 0 Å². The topological polar surface area (TPSA) is 26.0 Å². The first-order valence-corrected chi connectivity index (χ1v) is 4.48. The molecule has 84 valence electrons. The predicted molar refractivity (Wildman–Crippen MR) is 49.2 cm³/mol. The molecule has 0 aromatic heterocycles. The van der Waals surface area contributed by atoms with E-state index in [9.17, 15) is 17.6 Å². The third-order valence-corrected chi connectivity index (χ3v) is 2.39. The van der Waals surface area contributed by atoms with E-state index in [-0.39, 0.29) is 0 Å². The van der Waals surface area contributed by atoms with E-state index < -0.39 is 41.1 Å². The second-order valence-electron chi connectivity index (χ2n) is 2.93. The highest BCUT2D eigenvalue weighted by Crippen LogP contribution is 2.32. The van der Waals surface area contributed by atoms with Gasteiger partial charge in [0, 0.05) is 12.1 Å². The van der Waals surface area contributed by atoms with E-state index in [0.717, 1.165) is 12.1 Å². The van der Waals surface area contributed by atoms with Gasteiger partial charge in [0.1, 0.15) is 11.6 Å². The number of alkyl halides is 2. The molecule has 0 saturated carbocycles. The Balaban J connectivity index is 3.27. The summed E-state index contributed by atoms with van der Waals surface area (Å²) in [6, 6.07) is 1.53. The lowest BCUT2D eigenvalue weighted by Crippen LogP contribution is -2.21. The third kappa shape index (κ3) is 2.41. The fourth-order valence-electron chi connectivity index (χ4n) is 1.23. The zero-order valence-electron chi connectivity index (χ0n) is 7.48. The van der Waals surface area contributed by atoms with Crippen molar-refractivity contribution >= 4 is 11.6 Å². The Bertz CT molecular complexity index is 356. The molecule has 6 heteroatoms. The zero-order valence-corrected chi connectivity index (χ0v) is 8.24. The van der Waals surface area contributed by atoms with E-state index in [4.69, 9.17) is 17.3 Å². The normalized spacial score (nSPS) is 13.3. The van der Waals surface area contributed by atoms with Crippen molar-refractivity contribution in [2.75, 3.05) is 6.54 Å². The molecule has 0 fully saturated rings. The minimum absolute atomic E-state index is 0.502. The molecular formula is C9H8ClF4N. The fraction of sp³-hybridized carbons (Fsp3) is 0.333. The van der Waals surface area contributed by atoms with Gasteiger partial charge in [-0.1, -0.05) is 11.6 Å². The van der Waals surface area contributed by atoms with Crippen LogP contribution in [0.3, 0.4) is 0 Å². The molecule has 0 radical (unpaired) electrons. The molecule has 0 saturated heterocycles. The van der Waals surface area contributed by atoms with Gasteiger partial charge in [0.25, 0.3) is 0 Å². The monoisotopic (exact) mass is 241 g/mol. The molecular weight excluding hydrogens is 234 g/mol. The summed E-state index contributed by atoms with van der Waals surface area (Å²) in [7, 11) is 0. The van der Waals surface area contributed by atoms with E-state index in [0.29, 0.717) is 0 Å².